The molecule has 0 aliphatic rings. The Kier molecular flexibility index (Phi) is 2.93. The van der Waals surface area contributed by atoms with Gasteiger partial charge in [0.05, 0.1) is 18.1 Å². The molecule has 0 aliphatic heterocycles. The van der Waals surface area contributed by atoms with Gasteiger partial charge in [0, 0.05) is 11.1 Å². The minimum absolute atomic E-state index is 0.0863. The Morgan fingerprint density at radius 2 is 2.18 bits per heavy atom. The summed E-state index contributed by atoms with van der Waals surface area (Å²) in [5.74, 6) is -0.792. The highest BCUT2D eigenvalue weighted by molar-refractivity contribution is 5.73. The monoisotopic (exact) mass is 229 g/mol. The molecule has 3 nitrogen and oxygen atoms in total. The second kappa shape index (κ2) is 4.54. The number of benzene rings is 1. The molecule has 84 valence electrons. The van der Waals surface area contributed by atoms with Crippen molar-refractivity contribution in [1.29, 1.82) is 5.26 Å². The molecular formula is C13H8FNO2. The van der Waals surface area contributed by atoms with Crippen LogP contribution in [-0.2, 0) is 0 Å². The number of phenols is 1. The highest BCUT2D eigenvalue weighted by atomic mass is 19.1. The van der Waals surface area contributed by atoms with E-state index in [-0.39, 0.29) is 16.9 Å². The van der Waals surface area contributed by atoms with E-state index in [1.54, 1.807) is 18.2 Å². The third-order valence-corrected chi connectivity index (χ3v) is 2.22. The lowest BCUT2D eigenvalue weighted by molar-refractivity contribution is 0.470. The van der Waals surface area contributed by atoms with Gasteiger partial charge < -0.3 is 9.52 Å². The fourth-order valence-electron chi connectivity index (χ4n) is 1.39. The van der Waals surface area contributed by atoms with Crippen LogP contribution >= 0.6 is 0 Å². The van der Waals surface area contributed by atoms with Crippen molar-refractivity contribution < 1.29 is 13.9 Å². The van der Waals surface area contributed by atoms with Crippen LogP contribution in [0.2, 0.25) is 0 Å². The summed E-state index contributed by atoms with van der Waals surface area (Å²) in [6.45, 7) is 0. The van der Waals surface area contributed by atoms with Gasteiger partial charge in [0.15, 0.2) is 0 Å². The van der Waals surface area contributed by atoms with Gasteiger partial charge in [-0.2, -0.15) is 5.26 Å². The zero-order valence-electron chi connectivity index (χ0n) is 8.72. The normalized spacial score (nSPS) is 10.6. The van der Waals surface area contributed by atoms with Crippen molar-refractivity contribution in [3.05, 3.63) is 53.2 Å². The first-order valence-electron chi connectivity index (χ1n) is 4.83. The number of rotatable bonds is 2. The van der Waals surface area contributed by atoms with Gasteiger partial charge in [-0.05, 0) is 18.2 Å². The molecule has 0 radical (unpaired) electrons. The van der Waals surface area contributed by atoms with Crippen molar-refractivity contribution in [3.8, 4) is 11.8 Å². The summed E-state index contributed by atoms with van der Waals surface area (Å²) < 4.78 is 18.0. The highest BCUT2D eigenvalue weighted by Crippen LogP contribution is 2.25. The molecule has 4 heteroatoms. The SMILES string of the molecule is N#Cc1cc(F)cc(/C=C/c2ccoc2)c1O. The van der Waals surface area contributed by atoms with Crippen LogP contribution in [0, 0.1) is 17.1 Å². The van der Waals surface area contributed by atoms with Crippen LogP contribution in [0.25, 0.3) is 12.2 Å². The van der Waals surface area contributed by atoms with E-state index in [1.807, 2.05) is 0 Å². The molecule has 1 heterocycles. The molecule has 0 bridgehead atoms. The zero-order valence-corrected chi connectivity index (χ0v) is 8.72. The third-order valence-electron chi connectivity index (χ3n) is 2.22. The molecule has 1 aromatic heterocycles. The van der Waals surface area contributed by atoms with E-state index in [0.29, 0.717) is 0 Å². The maximum atomic E-state index is 13.1. The van der Waals surface area contributed by atoms with Gasteiger partial charge in [-0.25, -0.2) is 4.39 Å². The van der Waals surface area contributed by atoms with E-state index in [4.69, 9.17) is 9.68 Å². The maximum absolute atomic E-state index is 13.1. The summed E-state index contributed by atoms with van der Waals surface area (Å²) >= 11 is 0. The number of furan rings is 1. The molecule has 0 amide bonds. The number of halogens is 1. The summed E-state index contributed by atoms with van der Waals surface area (Å²) in [5.41, 5.74) is 0.951. The van der Waals surface area contributed by atoms with Crippen LogP contribution in [0.15, 0.2) is 35.1 Å². The Labute approximate surface area is 97.0 Å². The Hall–Kier alpha value is -2.54. The van der Waals surface area contributed by atoms with Crippen molar-refractivity contribution in [2.45, 2.75) is 0 Å². The summed E-state index contributed by atoms with van der Waals surface area (Å²) in [5, 5.41) is 18.4. The predicted molar refractivity (Wildman–Crippen MR) is 60.4 cm³/mol. The lowest BCUT2D eigenvalue weighted by Crippen LogP contribution is -1.85. The predicted octanol–water partition coefficient (Wildman–Crippen LogP) is 3.17. The number of hydrogen-bond donors (Lipinski definition) is 1. The van der Waals surface area contributed by atoms with Gasteiger partial charge >= 0.3 is 0 Å². The summed E-state index contributed by atoms with van der Waals surface area (Å²) in [4.78, 5) is 0. The molecule has 17 heavy (non-hydrogen) atoms. The Bertz CT molecular complexity index is 595. The topological polar surface area (TPSA) is 57.2 Å². The van der Waals surface area contributed by atoms with Crippen LogP contribution in [-0.4, -0.2) is 5.11 Å². The Balaban J connectivity index is 2.40. The fourth-order valence-corrected chi connectivity index (χ4v) is 1.39. The van der Waals surface area contributed by atoms with E-state index >= 15 is 0 Å². The lowest BCUT2D eigenvalue weighted by atomic mass is 10.1. The Morgan fingerprint density at radius 3 is 2.82 bits per heavy atom. The first-order valence-corrected chi connectivity index (χ1v) is 4.83. The second-order valence-corrected chi connectivity index (χ2v) is 3.39. The van der Waals surface area contributed by atoms with Crippen LogP contribution in [0.4, 0.5) is 4.39 Å². The first-order chi connectivity index (χ1) is 8.20. The fraction of sp³-hybridized carbons (Fsp3) is 0. The number of phenolic OH excluding ortho intramolecular Hbond substituents is 1. The molecule has 0 atom stereocenters. The minimum atomic E-state index is -0.564. The molecule has 0 spiro atoms. The molecule has 0 saturated carbocycles. The van der Waals surface area contributed by atoms with Crippen LogP contribution < -0.4 is 0 Å². The van der Waals surface area contributed by atoms with Gasteiger partial charge in [0.25, 0.3) is 0 Å². The average Bonchev–Trinajstić information content (AvgIpc) is 2.82. The molecular weight excluding hydrogens is 221 g/mol. The van der Waals surface area contributed by atoms with Gasteiger partial charge in [-0.15, -0.1) is 0 Å². The number of aromatic hydroxyl groups is 1. The summed E-state index contributed by atoms with van der Waals surface area (Å²) in [7, 11) is 0. The van der Waals surface area contributed by atoms with E-state index in [0.717, 1.165) is 17.7 Å². The molecule has 0 saturated heterocycles. The van der Waals surface area contributed by atoms with E-state index in [2.05, 4.69) is 0 Å². The van der Waals surface area contributed by atoms with Crippen molar-refractivity contribution in [2.24, 2.45) is 0 Å². The van der Waals surface area contributed by atoms with E-state index in [9.17, 15) is 9.50 Å². The van der Waals surface area contributed by atoms with Crippen molar-refractivity contribution >= 4 is 12.2 Å². The van der Waals surface area contributed by atoms with Gasteiger partial charge in [-0.3, -0.25) is 0 Å². The standard InChI is InChI=1S/C13H8FNO2/c14-12-5-10(13(16)11(6-12)7-15)2-1-9-3-4-17-8-9/h1-6,8,16H/b2-1+. The van der Waals surface area contributed by atoms with Gasteiger partial charge in [-0.1, -0.05) is 12.2 Å². The molecule has 0 aliphatic carbocycles. The third kappa shape index (κ3) is 2.34. The summed E-state index contributed by atoms with van der Waals surface area (Å²) in [6, 6.07) is 5.60. The molecule has 1 aromatic carbocycles. The molecule has 2 rings (SSSR count). The maximum Gasteiger partial charge on any atom is 0.140 e. The first kappa shape index (κ1) is 11.0. The van der Waals surface area contributed by atoms with Crippen molar-refractivity contribution in [1.82, 2.24) is 0 Å². The van der Waals surface area contributed by atoms with Crippen molar-refractivity contribution in [3.63, 3.8) is 0 Å². The zero-order chi connectivity index (χ0) is 12.3. The molecule has 0 fully saturated rings. The Morgan fingerprint density at radius 1 is 1.35 bits per heavy atom. The highest BCUT2D eigenvalue weighted by Gasteiger charge is 2.07. The number of nitrogens with zero attached hydrogens (tertiary/aromatic N) is 1. The van der Waals surface area contributed by atoms with E-state index in [1.165, 1.54) is 18.6 Å². The van der Waals surface area contributed by atoms with Crippen LogP contribution in [0.3, 0.4) is 0 Å². The van der Waals surface area contributed by atoms with Crippen LogP contribution in [0.5, 0.6) is 5.75 Å². The molecule has 1 N–H and O–H groups in total. The lowest BCUT2D eigenvalue weighted by Gasteiger charge is -2.01. The second-order valence-electron chi connectivity index (χ2n) is 3.39. The van der Waals surface area contributed by atoms with Crippen LogP contribution in [0.1, 0.15) is 16.7 Å². The molecule has 2 aromatic rings. The summed E-state index contributed by atoms with van der Waals surface area (Å²) in [6.07, 6.45) is 6.19. The average molecular weight is 229 g/mol. The minimum Gasteiger partial charge on any atom is -0.506 e. The van der Waals surface area contributed by atoms with E-state index < -0.39 is 5.82 Å². The van der Waals surface area contributed by atoms with Gasteiger partial charge in [0.2, 0.25) is 0 Å². The number of nitriles is 1. The quantitative estimate of drug-likeness (QED) is 0.860. The van der Waals surface area contributed by atoms with Crippen molar-refractivity contribution in [2.75, 3.05) is 0 Å². The molecule has 0 unspecified atom stereocenters. The number of hydrogen-bond acceptors (Lipinski definition) is 3. The smallest absolute Gasteiger partial charge is 0.140 e. The largest absolute Gasteiger partial charge is 0.506 e. The van der Waals surface area contributed by atoms with Gasteiger partial charge in [0.1, 0.15) is 17.6 Å².